The number of barbiturate groups is 1. The fourth-order valence-electron chi connectivity index (χ4n) is 3.84. The molecular weight excluding hydrogens is 390 g/mol. The third-order valence-electron chi connectivity index (χ3n) is 5.33. The van der Waals surface area contributed by atoms with Crippen LogP contribution >= 0.6 is 0 Å². The average Bonchev–Trinajstić information content (AvgIpc) is 3.21. The molecule has 4 amide bonds. The highest BCUT2D eigenvalue weighted by atomic mass is 16.6. The summed E-state index contributed by atoms with van der Waals surface area (Å²) in [5.41, 5.74) is 0.236. The van der Waals surface area contributed by atoms with E-state index in [-0.39, 0.29) is 23.1 Å². The number of rotatable bonds is 4. The first-order chi connectivity index (χ1) is 14.4. The van der Waals surface area contributed by atoms with Crippen molar-refractivity contribution in [2.24, 2.45) is 0 Å². The molecule has 2 aromatic rings. The first-order valence-electron chi connectivity index (χ1n) is 9.69. The molecule has 1 N–H and O–H groups in total. The molecule has 1 saturated heterocycles. The molecule has 30 heavy (non-hydrogen) atoms. The van der Waals surface area contributed by atoms with Crippen molar-refractivity contribution in [3.8, 4) is 11.3 Å². The Morgan fingerprint density at radius 1 is 1.10 bits per heavy atom. The molecule has 9 heteroatoms. The molecule has 1 aromatic heterocycles. The van der Waals surface area contributed by atoms with Gasteiger partial charge in [0.15, 0.2) is 0 Å². The molecule has 0 unspecified atom stereocenters. The summed E-state index contributed by atoms with van der Waals surface area (Å²) in [5.74, 6) is -0.823. The fourth-order valence-corrected chi connectivity index (χ4v) is 3.84. The molecule has 4 rings (SSSR count). The molecule has 2 aliphatic rings. The monoisotopic (exact) mass is 409 g/mol. The number of nitrogens with zero attached hydrogens (tertiary/aromatic N) is 2. The fraction of sp³-hybridized carbons (Fsp3) is 0.286. The maximum absolute atomic E-state index is 12.9. The Morgan fingerprint density at radius 2 is 1.87 bits per heavy atom. The quantitative estimate of drug-likeness (QED) is 0.356. The number of hydrogen-bond acceptors (Lipinski definition) is 6. The zero-order valence-electron chi connectivity index (χ0n) is 16.0. The van der Waals surface area contributed by atoms with Crippen molar-refractivity contribution in [2.75, 3.05) is 0 Å². The number of carbonyl (C=O) groups is 3. The summed E-state index contributed by atoms with van der Waals surface area (Å²) in [5, 5.41) is 13.2. The zero-order chi connectivity index (χ0) is 21.3. The Hall–Kier alpha value is -3.75. The number of non-ortho nitro benzene ring substituents is 1. The minimum atomic E-state index is -0.773. The molecule has 1 aromatic carbocycles. The number of hydrogen-bond donors (Lipinski definition) is 1. The van der Waals surface area contributed by atoms with Crippen LogP contribution in [0.15, 0.2) is 46.4 Å². The molecule has 0 spiro atoms. The molecule has 2 fully saturated rings. The molecule has 9 nitrogen and oxygen atoms in total. The highest BCUT2D eigenvalue weighted by Crippen LogP contribution is 2.29. The number of furan rings is 1. The summed E-state index contributed by atoms with van der Waals surface area (Å²) in [4.78, 5) is 49.0. The van der Waals surface area contributed by atoms with Gasteiger partial charge in [0.05, 0.1) is 4.92 Å². The van der Waals surface area contributed by atoms with Crippen molar-refractivity contribution in [3.05, 3.63) is 57.8 Å². The lowest BCUT2D eigenvalue weighted by Crippen LogP contribution is -2.58. The van der Waals surface area contributed by atoms with Gasteiger partial charge in [-0.2, -0.15) is 0 Å². The minimum absolute atomic E-state index is 0.0766. The average molecular weight is 409 g/mol. The summed E-state index contributed by atoms with van der Waals surface area (Å²) < 4.78 is 5.68. The third kappa shape index (κ3) is 3.73. The predicted octanol–water partition coefficient (Wildman–Crippen LogP) is 3.65. The van der Waals surface area contributed by atoms with E-state index in [1.807, 2.05) is 0 Å². The number of carbonyl (C=O) groups excluding carboxylic acids is 3. The third-order valence-corrected chi connectivity index (χ3v) is 5.33. The van der Waals surface area contributed by atoms with Crippen LogP contribution in [0.3, 0.4) is 0 Å². The van der Waals surface area contributed by atoms with E-state index in [0.717, 1.165) is 37.0 Å². The van der Waals surface area contributed by atoms with E-state index in [2.05, 4.69) is 5.32 Å². The van der Waals surface area contributed by atoms with Gasteiger partial charge in [-0.15, -0.1) is 0 Å². The Morgan fingerprint density at radius 3 is 2.60 bits per heavy atom. The number of nitro groups is 1. The number of amides is 4. The zero-order valence-corrected chi connectivity index (χ0v) is 16.0. The second kappa shape index (κ2) is 7.94. The van der Waals surface area contributed by atoms with Gasteiger partial charge in [-0.25, -0.2) is 4.79 Å². The smallest absolute Gasteiger partial charge is 0.331 e. The van der Waals surface area contributed by atoms with Gasteiger partial charge in [-0.1, -0.05) is 31.4 Å². The van der Waals surface area contributed by atoms with Crippen LogP contribution in [0.5, 0.6) is 0 Å². The number of nitro benzene ring substituents is 1. The Labute approximate surface area is 171 Å². The lowest BCUT2D eigenvalue weighted by Gasteiger charge is -2.35. The lowest BCUT2D eigenvalue weighted by atomic mass is 9.93. The summed E-state index contributed by atoms with van der Waals surface area (Å²) in [6, 6.07) is 8.19. The predicted molar refractivity (Wildman–Crippen MR) is 106 cm³/mol. The van der Waals surface area contributed by atoms with Crippen molar-refractivity contribution in [2.45, 2.75) is 38.1 Å². The molecule has 0 bridgehead atoms. The molecule has 0 atom stereocenters. The normalized spacial score (nSPS) is 19.3. The maximum atomic E-state index is 12.9. The summed E-state index contributed by atoms with van der Waals surface area (Å²) in [6.07, 6.45) is 5.66. The van der Waals surface area contributed by atoms with Crippen molar-refractivity contribution in [3.63, 3.8) is 0 Å². The Balaban J connectivity index is 1.61. The van der Waals surface area contributed by atoms with Crippen LogP contribution in [-0.2, 0) is 9.59 Å². The first-order valence-corrected chi connectivity index (χ1v) is 9.69. The second-order valence-electron chi connectivity index (χ2n) is 7.29. The standard InChI is InChI=1S/C21H19N3O6/c25-19-17(20(26)23(21(27)22-19)14-6-2-1-3-7-14)12-16-9-10-18(30-16)13-5-4-8-15(11-13)24(28)29/h4-5,8-12,14H,1-3,6-7H2,(H,22,25,27). The van der Waals surface area contributed by atoms with Crippen LogP contribution in [0.2, 0.25) is 0 Å². The van der Waals surface area contributed by atoms with Gasteiger partial charge in [-0.3, -0.25) is 29.9 Å². The van der Waals surface area contributed by atoms with E-state index < -0.39 is 22.8 Å². The SMILES string of the molecule is O=C1NC(=O)N(C2CCCCC2)C(=O)C1=Cc1ccc(-c2cccc([N+](=O)[O-])c2)o1. The van der Waals surface area contributed by atoms with E-state index in [1.54, 1.807) is 24.3 Å². The van der Waals surface area contributed by atoms with Gasteiger partial charge in [-0.05, 0) is 31.1 Å². The summed E-state index contributed by atoms with van der Waals surface area (Å²) in [7, 11) is 0. The van der Waals surface area contributed by atoms with Crippen molar-refractivity contribution >= 4 is 29.6 Å². The van der Waals surface area contributed by atoms with Crippen LogP contribution in [0.25, 0.3) is 17.4 Å². The molecular formula is C21H19N3O6. The Kier molecular flexibility index (Phi) is 5.18. The van der Waals surface area contributed by atoms with Crippen molar-refractivity contribution in [1.82, 2.24) is 10.2 Å². The highest BCUT2D eigenvalue weighted by molar-refractivity contribution is 6.31. The molecule has 1 aliphatic heterocycles. The van der Waals surface area contributed by atoms with E-state index in [1.165, 1.54) is 18.2 Å². The largest absolute Gasteiger partial charge is 0.457 e. The molecule has 2 heterocycles. The highest BCUT2D eigenvalue weighted by Gasteiger charge is 2.40. The van der Waals surface area contributed by atoms with Crippen LogP contribution in [-0.4, -0.2) is 33.7 Å². The number of benzene rings is 1. The van der Waals surface area contributed by atoms with Gasteiger partial charge < -0.3 is 4.42 Å². The lowest BCUT2D eigenvalue weighted by molar-refractivity contribution is -0.384. The summed E-state index contributed by atoms with van der Waals surface area (Å²) >= 11 is 0. The minimum Gasteiger partial charge on any atom is -0.457 e. The number of nitrogens with one attached hydrogen (secondary N) is 1. The second-order valence-corrected chi connectivity index (χ2v) is 7.29. The molecule has 154 valence electrons. The van der Waals surface area contributed by atoms with Gasteiger partial charge in [0, 0.05) is 23.7 Å². The van der Waals surface area contributed by atoms with Crippen LogP contribution in [0, 0.1) is 10.1 Å². The number of imide groups is 2. The van der Waals surface area contributed by atoms with Crippen molar-refractivity contribution in [1.29, 1.82) is 0 Å². The number of urea groups is 1. The van der Waals surface area contributed by atoms with E-state index in [9.17, 15) is 24.5 Å². The first kappa shape index (κ1) is 19.6. The van der Waals surface area contributed by atoms with Crippen molar-refractivity contribution < 1.29 is 23.7 Å². The topological polar surface area (TPSA) is 123 Å². The Bertz CT molecular complexity index is 1060. The van der Waals surface area contributed by atoms with Crippen LogP contribution < -0.4 is 5.32 Å². The molecule has 1 aliphatic carbocycles. The molecule has 1 saturated carbocycles. The van der Waals surface area contributed by atoms with Gasteiger partial charge in [0.2, 0.25) is 0 Å². The van der Waals surface area contributed by atoms with Crippen LogP contribution in [0.4, 0.5) is 10.5 Å². The van der Waals surface area contributed by atoms with Crippen LogP contribution in [0.1, 0.15) is 37.9 Å². The van der Waals surface area contributed by atoms with Gasteiger partial charge >= 0.3 is 6.03 Å². The van der Waals surface area contributed by atoms with E-state index in [0.29, 0.717) is 11.3 Å². The van der Waals surface area contributed by atoms with Gasteiger partial charge in [0.25, 0.3) is 17.5 Å². The van der Waals surface area contributed by atoms with Gasteiger partial charge in [0.1, 0.15) is 17.1 Å². The van der Waals surface area contributed by atoms with E-state index in [4.69, 9.17) is 4.42 Å². The maximum Gasteiger partial charge on any atom is 0.331 e. The summed E-state index contributed by atoms with van der Waals surface area (Å²) in [6.45, 7) is 0. The van der Waals surface area contributed by atoms with E-state index >= 15 is 0 Å². The molecule has 0 radical (unpaired) electrons.